The Morgan fingerprint density at radius 3 is 2.62 bits per heavy atom. The minimum atomic E-state index is -4.63. The number of alkyl halides is 3. The maximum Gasteiger partial charge on any atom is 0.417 e. The lowest BCUT2D eigenvalue weighted by molar-refractivity contribution is -0.137. The molecule has 0 radical (unpaired) electrons. The van der Waals surface area contributed by atoms with E-state index in [4.69, 9.17) is 11.6 Å². The van der Waals surface area contributed by atoms with Gasteiger partial charge in [-0.15, -0.1) is 0 Å². The van der Waals surface area contributed by atoms with Gasteiger partial charge in [-0.1, -0.05) is 11.6 Å². The molecule has 2 aromatic carbocycles. The Kier molecular flexibility index (Phi) is 5.12. The normalized spacial score (nSPS) is 18.7. The molecular weight excluding hydrogens is 476 g/mol. The zero-order valence-electron chi connectivity index (χ0n) is 17.7. The van der Waals surface area contributed by atoms with Crippen LogP contribution in [0.4, 0.5) is 17.6 Å². The molecule has 2 aromatic heterocycles. The van der Waals surface area contributed by atoms with Crippen molar-refractivity contribution in [3.05, 3.63) is 70.5 Å². The standard InChI is InChI=1S/C22H17ClF4N6O/c1-21(20-30-16-10-14(22(25,26)27)15(23)11-17(16)31-20)5-2-8-32(21)19(34)13-9-12(24)3-4-18(13)33-28-6-7-29-33/h3-4,6-7,9-11H,2,5,8H2,1H3,(H,30,31). The van der Waals surface area contributed by atoms with Crippen LogP contribution in [-0.2, 0) is 11.7 Å². The minimum Gasteiger partial charge on any atom is -0.340 e. The number of hydrogen-bond acceptors (Lipinski definition) is 4. The van der Waals surface area contributed by atoms with E-state index in [1.54, 1.807) is 11.8 Å². The summed E-state index contributed by atoms with van der Waals surface area (Å²) in [4.78, 5) is 23.8. The highest BCUT2D eigenvalue weighted by molar-refractivity contribution is 6.32. The Morgan fingerprint density at radius 1 is 1.18 bits per heavy atom. The number of aromatic amines is 1. The number of amides is 1. The number of halogens is 5. The van der Waals surface area contributed by atoms with Crippen molar-refractivity contribution in [2.45, 2.75) is 31.5 Å². The second-order valence-electron chi connectivity index (χ2n) is 8.25. The fourth-order valence-corrected chi connectivity index (χ4v) is 4.65. The quantitative estimate of drug-likeness (QED) is 0.403. The smallest absolute Gasteiger partial charge is 0.340 e. The Labute approximate surface area is 195 Å². The first-order valence-electron chi connectivity index (χ1n) is 10.3. The lowest BCUT2D eigenvalue weighted by Gasteiger charge is -2.34. The highest BCUT2D eigenvalue weighted by Crippen LogP contribution is 2.41. The summed E-state index contributed by atoms with van der Waals surface area (Å²) in [6.07, 6.45) is -0.627. The van der Waals surface area contributed by atoms with E-state index in [0.717, 1.165) is 12.1 Å². The Morgan fingerprint density at radius 2 is 1.91 bits per heavy atom. The van der Waals surface area contributed by atoms with E-state index in [0.29, 0.717) is 36.4 Å². The minimum absolute atomic E-state index is 0.0582. The molecule has 34 heavy (non-hydrogen) atoms. The van der Waals surface area contributed by atoms with Crippen LogP contribution in [0.3, 0.4) is 0 Å². The van der Waals surface area contributed by atoms with E-state index in [2.05, 4.69) is 20.2 Å². The van der Waals surface area contributed by atoms with Gasteiger partial charge in [0.1, 0.15) is 11.6 Å². The van der Waals surface area contributed by atoms with Crippen LogP contribution in [0.2, 0.25) is 5.02 Å². The van der Waals surface area contributed by atoms with Crippen LogP contribution in [0, 0.1) is 5.82 Å². The number of likely N-dealkylation sites (tertiary alicyclic amines) is 1. The molecule has 1 saturated heterocycles. The van der Waals surface area contributed by atoms with Crippen LogP contribution >= 0.6 is 11.6 Å². The number of fused-ring (bicyclic) bond motifs is 1. The van der Waals surface area contributed by atoms with Gasteiger partial charge in [0.25, 0.3) is 5.91 Å². The lowest BCUT2D eigenvalue weighted by Crippen LogP contribution is -2.44. The van der Waals surface area contributed by atoms with E-state index in [1.165, 1.54) is 35.4 Å². The van der Waals surface area contributed by atoms with E-state index < -0.39 is 34.0 Å². The van der Waals surface area contributed by atoms with Gasteiger partial charge in [0.05, 0.1) is 50.8 Å². The first kappa shape index (κ1) is 22.3. The van der Waals surface area contributed by atoms with Crippen molar-refractivity contribution < 1.29 is 22.4 Å². The van der Waals surface area contributed by atoms with E-state index in [1.807, 2.05) is 0 Å². The molecule has 1 aliphatic heterocycles. The van der Waals surface area contributed by atoms with Gasteiger partial charge in [-0.25, -0.2) is 9.37 Å². The van der Waals surface area contributed by atoms with Crippen molar-refractivity contribution in [3.63, 3.8) is 0 Å². The molecule has 0 spiro atoms. The molecule has 1 atom stereocenters. The van der Waals surface area contributed by atoms with Gasteiger partial charge in [0.2, 0.25) is 0 Å². The van der Waals surface area contributed by atoms with Crippen molar-refractivity contribution in [2.24, 2.45) is 0 Å². The number of nitrogens with one attached hydrogen (secondary N) is 1. The van der Waals surface area contributed by atoms with Crippen LogP contribution in [0.5, 0.6) is 0 Å². The second-order valence-corrected chi connectivity index (χ2v) is 8.65. The van der Waals surface area contributed by atoms with Crippen molar-refractivity contribution in [1.82, 2.24) is 29.9 Å². The van der Waals surface area contributed by atoms with Crippen LogP contribution in [0.15, 0.2) is 42.7 Å². The fourth-order valence-electron chi connectivity index (χ4n) is 4.38. The number of hydrogen-bond donors (Lipinski definition) is 1. The summed E-state index contributed by atoms with van der Waals surface area (Å²) >= 11 is 5.85. The van der Waals surface area contributed by atoms with Crippen molar-refractivity contribution in [3.8, 4) is 5.69 Å². The molecule has 3 heterocycles. The molecule has 1 aliphatic rings. The number of benzene rings is 2. The van der Waals surface area contributed by atoms with Gasteiger partial charge in [-0.3, -0.25) is 4.79 Å². The van der Waals surface area contributed by atoms with Crippen molar-refractivity contribution in [1.29, 1.82) is 0 Å². The summed E-state index contributed by atoms with van der Waals surface area (Å²) in [6.45, 7) is 2.12. The molecular formula is C22H17ClF4N6O. The van der Waals surface area contributed by atoms with Crippen LogP contribution in [0.1, 0.15) is 41.5 Å². The molecule has 0 bridgehead atoms. The number of nitrogens with zero attached hydrogens (tertiary/aromatic N) is 5. The highest BCUT2D eigenvalue weighted by Gasteiger charge is 2.44. The van der Waals surface area contributed by atoms with E-state index in [9.17, 15) is 22.4 Å². The first-order chi connectivity index (χ1) is 16.1. The molecule has 12 heteroatoms. The summed E-state index contributed by atoms with van der Waals surface area (Å²) in [7, 11) is 0. The topological polar surface area (TPSA) is 79.7 Å². The molecule has 1 N–H and O–H groups in total. The third-order valence-corrected chi connectivity index (χ3v) is 6.41. The molecule has 0 aliphatic carbocycles. The van der Waals surface area contributed by atoms with Crippen LogP contribution in [0.25, 0.3) is 16.7 Å². The van der Waals surface area contributed by atoms with Gasteiger partial charge in [0, 0.05) is 6.54 Å². The summed E-state index contributed by atoms with van der Waals surface area (Å²) in [5.41, 5.74) is -1.19. The third-order valence-electron chi connectivity index (χ3n) is 6.10. The first-order valence-corrected chi connectivity index (χ1v) is 10.7. The number of rotatable bonds is 3. The number of carbonyl (C=O) groups is 1. The number of H-pyrrole nitrogens is 1. The predicted molar refractivity (Wildman–Crippen MR) is 115 cm³/mol. The van der Waals surface area contributed by atoms with Crippen LogP contribution in [-0.4, -0.2) is 42.3 Å². The molecule has 0 saturated carbocycles. The number of aromatic nitrogens is 5. The number of carbonyl (C=O) groups excluding carboxylic acids is 1. The summed E-state index contributed by atoms with van der Waals surface area (Å²) in [5.74, 6) is -0.751. The highest BCUT2D eigenvalue weighted by atomic mass is 35.5. The molecule has 5 rings (SSSR count). The predicted octanol–water partition coefficient (Wildman–Crippen LogP) is 5.11. The largest absolute Gasteiger partial charge is 0.417 e. The zero-order valence-corrected chi connectivity index (χ0v) is 18.5. The van der Waals surface area contributed by atoms with Gasteiger partial charge >= 0.3 is 6.18 Å². The Bertz CT molecular complexity index is 1400. The van der Waals surface area contributed by atoms with Crippen LogP contribution < -0.4 is 0 Å². The third kappa shape index (κ3) is 3.60. The molecule has 7 nitrogen and oxygen atoms in total. The Hall–Kier alpha value is -3.47. The molecule has 176 valence electrons. The summed E-state index contributed by atoms with van der Waals surface area (Å²) in [6, 6.07) is 5.80. The second kappa shape index (κ2) is 7.79. The molecule has 1 amide bonds. The SMILES string of the molecule is CC1(c2nc3cc(C(F)(F)F)c(Cl)cc3[nH]2)CCCN1C(=O)c1cc(F)ccc1-n1nccn1. The van der Waals surface area contributed by atoms with Gasteiger partial charge in [-0.2, -0.15) is 28.2 Å². The molecule has 1 fully saturated rings. The fraction of sp³-hybridized carbons (Fsp3) is 0.273. The lowest BCUT2D eigenvalue weighted by atomic mass is 9.97. The number of imidazole rings is 1. The maximum absolute atomic E-state index is 14.1. The molecule has 1 unspecified atom stereocenters. The average Bonchev–Trinajstić information content (AvgIpc) is 3.51. The van der Waals surface area contributed by atoms with Gasteiger partial charge < -0.3 is 9.88 Å². The zero-order chi connectivity index (χ0) is 24.3. The Balaban J connectivity index is 1.57. The average molecular weight is 493 g/mol. The van der Waals surface area contributed by atoms with E-state index >= 15 is 0 Å². The maximum atomic E-state index is 14.1. The van der Waals surface area contributed by atoms with Gasteiger partial charge in [-0.05, 0) is 50.1 Å². The monoisotopic (exact) mass is 492 g/mol. The van der Waals surface area contributed by atoms with Crippen molar-refractivity contribution in [2.75, 3.05) is 6.54 Å². The van der Waals surface area contributed by atoms with E-state index in [-0.39, 0.29) is 11.1 Å². The summed E-state index contributed by atoms with van der Waals surface area (Å²) in [5, 5.41) is 7.62. The van der Waals surface area contributed by atoms with Crippen molar-refractivity contribution >= 4 is 28.5 Å². The summed E-state index contributed by atoms with van der Waals surface area (Å²) < 4.78 is 54.0. The van der Waals surface area contributed by atoms with Gasteiger partial charge in [0.15, 0.2) is 0 Å². The molecule has 4 aromatic rings.